The van der Waals surface area contributed by atoms with Crippen LogP contribution in [0.2, 0.25) is 0 Å². The molecule has 0 spiro atoms. The Labute approximate surface area is 140 Å². The smallest absolute Gasteiger partial charge is 0.387 e. The van der Waals surface area contributed by atoms with Gasteiger partial charge in [-0.15, -0.1) is 0 Å². The Hall–Kier alpha value is -2.91. The first-order valence-corrected chi connectivity index (χ1v) is 6.98. The summed E-state index contributed by atoms with van der Waals surface area (Å²) in [5, 5.41) is 3.84. The van der Waals surface area contributed by atoms with Crippen LogP contribution in [0.25, 0.3) is 0 Å². The Morgan fingerprint density at radius 3 is 2.24 bits per heavy atom. The van der Waals surface area contributed by atoms with Gasteiger partial charge in [0.15, 0.2) is 0 Å². The number of aryl methyl sites for hydroxylation is 2. The van der Waals surface area contributed by atoms with E-state index in [1.54, 1.807) is 19.9 Å². The number of hydrogen-bond acceptors (Lipinski definition) is 6. The summed E-state index contributed by atoms with van der Waals surface area (Å²) >= 11 is 0. The number of hydrazone groups is 1. The van der Waals surface area contributed by atoms with Crippen LogP contribution < -0.4 is 14.9 Å². The number of nitrogens with one attached hydrogen (secondary N) is 1. The van der Waals surface area contributed by atoms with Crippen molar-refractivity contribution < 1.29 is 27.0 Å². The number of anilines is 1. The van der Waals surface area contributed by atoms with Crippen molar-refractivity contribution in [1.82, 2.24) is 9.97 Å². The SMILES string of the molecule is Cc1cc(C)nc(N/N=C/c2ccc(OC(F)F)cc2OC(F)F)n1. The predicted octanol–water partition coefficient (Wildman–Crippen LogP) is 3.74. The topological polar surface area (TPSA) is 68.6 Å². The lowest BCUT2D eigenvalue weighted by Gasteiger charge is -2.10. The van der Waals surface area contributed by atoms with Crippen LogP contribution >= 0.6 is 0 Å². The van der Waals surface area contributed by atoms with Gasteiger partial charge in [0.1, 0.15) is 11.5 Å². The molecule has 0 atom stereocenters. The molecule has 0 aliphatic heterocycles. The van der Waals surface area contributed by atoms with Crippen molar-refractivity contribution in [2.45, 2.75) is 27.1 Å². The Bertz CT molecular complexity index is 736. The van der Waals surface area contributed by atoms with Crippen LogP contribution in [-0.4, -0.2) is 29.4 Å². The Morgan fingerprint density at radius 1 is 1.00 bits per heavy atom. The summed E-state index contributed by atoms with van der Waals surface area (Å²) in [5.41, 5.74) is 4.12. The molecule has 0 amide bonds. The van der Waals surface area contributed by atoms with Gasteiger partial charge in [-0.25, -0.2) is 15.4 Å². The molecule has 0 saturated heterocycles. The van der Waals surface area contributed by atoms with E-state index in [0.29, 0.717) is 0 Å². The van der Waals surface area contributed by atoms with Gasteiger partial charge in [-0.2, -0.15) is 22.7 Å². The Morgan fingerprint density at radius 2 is 1.64 bits per heavy atom. The molecule has 0 aliphatic rings. The van der Waals surface area contributed by atoms with Crippen molar-refractivity contribution in [3.05, 3.63) is 41.2 Å². The molecule has 0 aliphatic carbocycles. The zero-order chi connectivity index (χ0) is 18.4. The largest absolute Gasteiger partial charge is 0.435 e. The Balaban J connectivity index is 2.18. The van der Waals surface area contributed by atoms with Gasteiger partial charge >= 0.3 is 13.2 Å². The van der Waals surface area contributed by atoms with E-state index in [9.17, 15) is 17.6 Å². The highest BCUT2D eigenvalue weighted by molar-refractivity contribution is 5.84. The monoisotopic (exact) mass is 358 g/mol. The summed E-state index contributed by atoms with van der Waals surface area (Å²) in [6.07, 6.45) is 1.17. The van der Waals surface area contributed by atoms with Gasteiger partial charge in [-0.3, -0.25) is 0 Å². The van der Waals surface area contributed by atoms with Crippen LogP contribution in [0, 0.1) is 13.8 Å². The maximum Gasteiger partial charge on any atom is 0.387 e. The minimum Gasteiger partial charge on any atom is -0.435 e. The molecule has 1 aromatic carbocycles. The van der Waals surface area contributed by atoms with E-state index in [4.69, 9.17) is 0 Å². The lowest BCUT2D eigenvalue weighted by atomic mass is 10.2. The van der Waals surface area contributed by atoms with Gasteiger partial charge < -0.3 is 9.47 Å². The average molecular weight is 358 g/mol. The van der Waals surface area contributed by atoms with Crippen LogP contribution in [0.1, 0.15) is 17.0 Å². The number of nitrogens with zero attached hydrogens (tertiary/aromatic N) is 3. The molecule has 2 rings (SSSR count). The molecule has 1 heterocycles. The van der Waals surface area contributed by atoms with Crippen molar-refractivity contribution in [3.8, 4) is 11.5 Å². The fraction of sp³-hybridized carbons (Fsp3) is 0.267. The van der Waals surface area contributed by atoms with Gasteiger partial charge in [-0.05, 0) is 32.0 Å². The average Bonchev–Trinajstić information content (AvgIpc) is 2.47. The maximum atomic E-state index is 12.5. The highest BCUT2D eigenvalue weighted by Gasteiger charge is 2.12. The van der Waals surface area contributed by atoms with Gasteiger partial charge in [0.2, 0.25) is 5.95 Å². The van der Waals surface area contributed by atoms with Crippen LogP contribution in [0.4, 0.5) is 23.5 Å². The zero-order valence-corrected chi connectivity index (χ0v) is 13.2. The van der Waals surface area contributed by atoms with Crippen LogP contribution in [0.5, 0.6) is 11.5 Å². The van der Waals surface area contributed by atoms with E-state index in [1.807, 2.05) is 0 Å². The molecule has 0 fully saturated rings. The number of halogens is 4. The quantitative estimate of drug-likeness (QED) is 0.464. The molecular formula is C15H14F4N4O2. The second-order valence-electron chi connectivity index (χ2n) is 4.80. The summed E-state index contributed by atoms with van der Waals surface area (Å²) in [6, 6.07) is 5.13. The lowest BCUT2D eigenvalue weighted by molar-refractivity contribution is -0.0543. The van der Waals surface area contributed by atoms with E-state index in [1.165, 1.54) is 18.3 Å². The number of rotatable bonds is 7. The van der Waals surface area contributed by atoms with Crippen LogP contribution in [0.3, 0.4) is 0 Å². The highest BCUT2D eigenvalue weighted by atomic mass is 19.3. The molecule has 1 aromatic heterocycles. The summed E-state index contributed by atoms with van der Waals surface area (Å²) in [7, 11) is 0. The third kappa shape index (κ3) is 5.90. The van der Waals surface area contributed by atoms with E-state index in [-0.39, 0.29) is 23.0 Å². The van der Waals surface area contributed by atoms with Crippen molar-refractivity contribution >= 4 is 12.2 Å². The number of aromatic nitrogens is 2. The first kappa shape index (κ1) is 18.4. The maximum absolute atomic E-state index is 12.5. The van der Waals surface area contributed by atoms with Crippen LogP contribution in [-0.2, 0) is 0 Å². The molecule has 0 saturated carbocycles. The van der Waals surface area contributed by atoms with Crippen molar-refractivity contribution in [2.75, 3.05) is 5.43 Å². The summed E-state index contributed by atoms with van der Waals surface area (Å²) in [4.78, 5) is 8.18. The number of benzene rings is 1. The summed E-state index contributed by atoms with van der Waals surface area (Å²) in [5.74, 6) is -0.448. The van der Waals surface area contributed by atoms with Gasteiger partial charge in [-0.1, -0.05) is 0 Å². The lowest BCUT2D eigenvalue weighted by Crippen LogP contribution is -2.07. The minimum atomic E-state index is -3.13. The number of ether oxygens (including phenoxy) is 2. The fourth-order valence-corrected chi connectivity index (χ4v) is 1.93. The molecule has 2 aromatic rings. The summed E-state index contributed by atoms with van der Waals surface area (Å²) in [6.45, 7) is -2.66. The Kier molecular flexibility index (Phi) is 6.09. The molecule has 134 valence electrons. The normalized spacial score (nSPS) is 11.4. The van der Waals surface area contributed by atoms with E-state index < -0.39 is 13.2 Å². The van der Waals surface area contributed by atoms with E-state index in [0.717, 1.165) is 17.5 Å². The molecule has 1 N–H and O–H groups in total. The molecular weight excluding hydrogens is 344 g/mol. The molecule has 6 nitrogen and oxygen atoms in total. The van der Waals surface area contributed by atoms with Crippen molar-refractivity contribution in [3.63, 3.8) is 0 Å². The number of alkyl halides is 4. The first-order valence-electron chi connectivity index (χ1n) is 6.98. The third-order valence-corrected chi connectivity index (χ3v) is 2.78. The van der Waals surface area contributed by atoms with Gasteiger partial charge in [0.25, 0.3) is 0 Å². The third-order valence-electron chi connectivity index (χ3n) is 2.78. The highest BCUT2D eigenvalue weighted by Crippen LogP contribution is 2.26. The predicted molar refractivity (Wildman–Crippen MR) is 82.4 cm³/mol. The van der Waals surface area contributed by atoms with Crippen molar-refractivity contribution in [2.24, 2.45) is 5.10 Å². The molecule has 10 heteroatoms. The van der Waals surface area contributed by atoms with E-state index in [2.05, 4.69) is 30.0 Å². The van der Waals surface area contributed by atoms with Gasteiger partial charge in [0.05, 0.1) is 6.21 Å². The second kappa shape index (κ2) is 8.27. The molecule has 25 heavy (non-hydrogen) atoms. The molecule has 0 bridgehead atoms. The minimum absolute atomic E-state index is 0.124. The van der Waals surface area contributed by atoms with Gasteiger partial charge in [0, 0.05) is 23.0 Å². The van der Waals surface area contributed by atoms with E-state index >= 15 is 0 Å². The first-order chi connectivity index (χ1) is 11.8. The summed E-state index contributed by atoms with van der Waals surface area (Å²) < 4.78 is 57.8. The fourth-order valence-electron chi connectivity index (χ4n) is 1.93. The standard InChI is InChI=1S/C15H14F4N4O2/c1-8-5-9(2)22-15(21-8)23-20-7-10-3-4-11(24-13(16)17)6-12(10)25-14(18)19/h3-7,13-14H,1-2H3,(H,21,22,23)/b20-7+. The van der Waals surface area contributed by atoms with Crippen molar-refractivity contribution in [1.29, 1.82) is 0 Å². The zero-order valence-electron chi connectivity index (χ0n) is 13.2. The number of hydrogen-bond donors (Lipinski definition) is 1. The molecule has 0 radical (unpaired) electrons. The second-order valence-corrected chi connectivity index (χ2v) is 4.80. The van der Waals surface area contributed by atoms with Crippen LogP contribution in [0.15, 0.2) is 29.4 Å². The molecule has 0 unspecified atom stereocenters.